The number of nitriles is 1. The zero-order valence-electron chi connectivity index (χ0n) is 8.85. The van der Waals surface area contributed by atoms with E-state index in [1.807, 2.05) is 6.07 Å². The van der Waals surface area contributed by atoms with Crippen LogP contribution < -0.4 is 0 Å². The molecule has 0 heterocycles. The molecule has 0 saturated heterocycles. The lowest BCUT2D eigenvalue weighted by molar-refractivity contribution is 0.352. The van der Waals surface area contributed by atoms with Crippen LogP contribution >= 0.6 is 0 Å². The lowest BCUT2D eigenvalue weighted by Crippen LogP contribution is -2.10. The van der Waals surface area contributed by atoms with Crippen molar-refractivity contribution in [1.82, 2.24) is 0 Å². The number of hydrogen-bond donors (Lipinski definition) is 0. The SMILES string of the molecule is CC(F)CCS(=O)(=O)c1ccc(C#N)cc1. The molecule has 0 aromatic heterocycles. The number of alkyl halides is 1. The Kier molecular flexibility index (Phi) is 4.02. The van der Waals surface area contributed by atoms with Crippen molar-refractivity contribution in [2.75, 3.05) is 5.75 Å². The molecule has 0 amide bonds. The van der Waals surface area contributed by atoms with Crippen LogP contribution in [0.2, 0.25) is 0 Å². The summed E-state index contributed by atoms with van der Waals surface area (Å²) in [5, 5.41) is 8.56. The Labute approximate surface area is 94.4 Å². The average Bonchev–Trinajstić information content (AvgIpc) is 2.27. The van der Waals surface area contributed by atoms with Crippen molar-refractivity contribution in [2.45, 2.75) is 24.4 Å². The van der Waals surface area contributed by atoms with Crippen LogP contribution in [0.1, 0.15) is 18.9 Å². The third kappa shape index (κ3) is 3.31. The summed E-state index contributed by atoms with van der Waals surface area (Å²) in [5.74, 6) is -0.212. The van der Waals surface area contributed by atoms with Gasteiger partial charge in [-0.25, -0.2) is 12.8 Å². The van der Waals surface area contributed by atoms with Gasteiger partial charge in [0.05, 0.1) is 28.5 Å². The van der Waals surface area contributed by atoms with Gasteiger partial charge in [-0.05, 0) is 37.6 Å². The normalized spacial score (nSPS) is 13.1. The number of benzene rings is 1. The number of hydrogen-bond acceptors (Lipinski definition) is 3. The van der Waals surface area contributed by atoms with E-state index in [9.17, 15) is 12.8 Å². The predicted octanol–water partition coefficient (Wildman–Crippen LogP) is 2.08. The smallest absolute Gasteiger partial charge is 0.178 e. The van der Waals surface area contributed by atoms with Crippen LogP contribution in [0.3, 0.4) is 0 Å². The number of rotatable bonds is 4. The maximum atomic E-state index is 12.6. The zero-order valence-corrected chi connectivity index (χ0v) is 9.67. The molecule has 0 N–H and O–H groups in total. The molecule has 5 heteroatoms. The van der Waals surface area contributed by atoms with Gasteiger partial charge in [-0.2, -0.15) is 5.26 Å². The topological polar surface area (TPSA) is 57.9 Å². The Balaban J connectivity index is 2.87. The van der Waals surface area contributed by atoms with Gasteiger partial charge in [0.2, 0.25) is 0 Å². The van der Waals surface area contributed by atoms with E-state index in [1.54, 1.807) is 0 Å². The number of halogens is 1. The third-order valence-electron chi connectivity index (χ3n) is 2.13. The summed E-state index contributed by atoms with van der Waals surface area (Å²) in [6.07, 6.45) is -1.14. The predicted molar refractivity (Wildman–Crippen MR) is 58.4 cm³/mol. The van der Waals surface area contributed by atoms with E-state index in [-0.39, 0.29) is 17.1 Å². The molecule has 0 fully saturated rings. The van der Waals surface area contributed by atoms with E-state index in [2.05, 4.69) is 0 Å². The first-order chi connectivity index (χ1) is 7.45. The highest BCUT2D eigenvalue weighted by Crippen LogP contribution is 2.14. The summed E-state index contributed by atoms with van der Waals surface area (Å²) in [5.41, 5.74) is 0.401. The summed E-state index contributed by atoms with van der Waals surface area (Å²) < 4.78 is 35.9. The summed E-state index contributed by atoms with van der Waals surface area (Å²) >= 11 is 0. The molecule has 0 aliphatic rings. The van der Waals surface area contributed by atoms with Crippen molar-refractivity contribution in [3.8, 4) is 6.07 Å². The first-order valence-corrected chi connectivity index (χ1v) is 6.48. The van der Waals surface area contributed by atoms with Crippen molar-refractivity contribution in [3.05, 3.63) is 29.8 Å². The fourth-order valence-corrected chi connectivity index (χ4v) is 2.59. The number of sulfone groups is 1. The molecule has 0 aliphatic carbocycles. The monoisotopic (exact) mass is 241 g/mol. The second kappa shape index (κ2) is 5.08. The van der Waals surface area contributed by atoms with E-state index < -0.39 is 16.0 Å². The standard InChI is InChI=1S/C11H12FNO2S/c1-9(12)6-7-16(14,15)11-4-2-10(8-13)3-5-11/h2-5,9H,6-7H2,1H3. The Bertz CT molecular complexity index is 486. The van der Waals surface area contributed by atoms with Crippen LogP contribution in [0.5, 0.6) is 0 Å². The van der Waals surface area contributed by atoms with Gasteiger partial charge in [-0.3, -0.25) is 0 Å². The second-order valence-corrected chi connectivity index (χ2v) is 5.63. The lowest BCUT2D eigenvalue weighted by Gasteiger charge is -2.04. The minimum absolute atomic E-state index is 0.0116. The van der Waals surface area contributed by atoms with Crippen LogP contribution in [-0.2, 0) is 9.84 Å². The summed E-state index contributed by atoms with van der Waals surface area (Å²) in [7, 11) is -3.43. The first-order valence-electron chi connectivity index (χ1n) is 4.82. The molecule has 1 aromatic carbocycles. The molecular weight excluding hydrogens is 229 g/mol. The molecular formula is C11H12FNO2S. The molecule has 86 valence electrons. The third-order valence-corrected chi connectivity index (χ3v) is 3.89. The van der Waals surface area contributed by atoms with Crippen LogP contribution in [0.15, 0.2) is 29.2 Å². The second-order valence-electron chi connectivity index (χ2n) is 3.52. The quantitative estimate of drug-likeness (QED) is 0.810. The molecule has 1 atom stereocenters. The van der Waals surface area contributed by atoms with Gasteiger partial charge in [-0.1, -0.05) is 0 Å². The summed E-state index contributed by atoms with van der Waals surface area (Å²) in [6, 6.07) is 7.52. The molecule has 0 aliphatic heterocycles. The minimum atomic E-state index is -3.43. The molecule has 0 saturated carbocycles. The van der Waals surface area contributed by atoms with Gasteiger partial charge < -0.3 is 0 Å². The Morgan fingerprint density at radius 1 is 1.38 bits per heavy atom. The number of nitrogens with zero attached hydrogens (tertiary/aromatic N) is 1. The molecule has 1 rings (SSSR count). The molecule has 0 bridgehead atoms. The average molecular weight is 241 g/mol. The van der Waals surface area contributed by atoms with Gasteiger partial charge in [0.25, 0.3) is 0 Å². The van der Waals surface area contributed by atoms with Gasteiger partial charge in [0.15, 0.2) is 9.84 Å². The van der Waals surface area contributed by atoms with Crippen molar-refractivity contribution >= 4 is 9.84 Å². The summed E-state index contributed by atoms with van der Waals surface area (Å²) in [6.45, 7) is 1.33. The molecule has 3 nitrogen and oxygen atoms in total. The van der Waals surface area contributed by atoms with Crippen LogP contribution in [0.4, 0.5) is 4.39 Å². The van der Waals surface area contributed by atoms with Gasteiger partial charge in [0, 0.05) is 0 Å². The maximum Gasteiger partial charge on any atom is 0.178 e. The summed E-state index contributed by atoms with van der Waals surface area (Å²) in [4.78, 5) is 0.132. The Morgan fingerprint density at radius 3 is 2.38 bits per heavy atom. The van der Waals surface area contributed by atoms with E-state index in [0.29, 0.717) is 5.56 Å². The largest absolute Gasteiger partial charge is 0.248 e. The Morgan fingerprint density at radius 2 is 1.94 bits per heavy atom. The fourth-order valence-electron chi connectivity index (χ4n) is 1.17. The van der Waals surface area contributed by atoms with E-state index in [4.69, 9.17) is 5.26 Å². The van der Waals surface area contributed by atoms with Crippen molar-refractivity contribution in [1.29, 1.82) is 5.26 Å². The molecule has 1 unspecified atom stereocenters. The fraction of sp³-hybridized carbons (Fsp3) is 0.364. The van der Waals surface area contributed by atoms with Crippen molar-refractivity contribution < 1.29 is 12.8 Å². The van der Waals surface area contributed by atoms with Crippen molar-refractivity contribution in [2.24, 2.45) is 0 Å². The zero-order chi connectivity index (χ0) is 12.2. The van der Waals surface area contributed by atoms with Crippen LogP contribution in [-0.4, -0.2) is 20.3 Å². The highest BCUT2D eigenvalue weighted by Gasteiger charge is 2.15. The highest BCUT2D eigenvalue weighted by molar-refractivity contribution is 7.91. The van der Waals surface area contributed by atoms with E-state index in [1.165, 1.54) is 31.2 Å². The molecule has 0 radical (unpaired) electrons. The van der Waals surface area contributed by atoms with Crippen LogP contribution in [0.25, 0.3) is 0 Å². The highest BCUT2D eigenvalue weighted by atomic mass is 32.2. The van der Waals surface area contributed by atoms with E-state index in [0.717, 1.165) is 0 Å². The van der Waals surface area contributed by atoms with Gasteiger partial charge in [0.1, 0.15) is 0 Å². The van der Waals surface area contributed by atoms with Crippen LogP contribution in [0, 0.1) is 11.3 Å². The molecule has 16 heavy (non-hydrogen) atoms. The van der Waals surface area contributed by atoms with Crippen molar-refractivity contribution in [3.63, 3.8) is 0 Å². The Hall–Kier alpha value is -1.41. The first kappa shape index (κ1) is 12.7. The van der Waals surface area contributed by atoms with E-state index >= 15 is 0 Å². The molecule has 1 aromatic rings. The lowest BCUT2D eigenvalue weighted by atomic mass is 10.2. The molecule has 0 spiro atoms. The van der Waals surface area contributed by atoms with Gasteiger partial charge >= 0.3 is 0 Å². The maximum absolute atomic E-state index is 12.6. The van der Waals surface area contributed by atoms with Gasteiger partial charge in [-0.15, -0.1) is 0 Å². The minimum Gasteiger partial charge on any atom is -0.248 e.